The van der Waals surface area contributed by atoms with Gasteiger partial charge in [-0.2, -0.15) is 0 Å². The Morgan fingerprint density at radius 3 is 3.14 bits per heavy atom. The zero-order valence-electron chi connectivity index (χ0n) is 8.53. The van der Waals surface area contributed by atoms with Crippen LogP contribution in [0, 0.1) is 5.92 Å². The largest absolute Gasteiger partial charge is 0.468 e. The van der Waals surface area contributed by atoms with Crippen LogP contribution in [0.3, 0.4) is 0 Å². The van der Waals surface area contributed by atoms with E-state index in [1.165, 1.54) is 6.42 Å². The first-order valence-electron chi connectivity index (χ1n) is 5.19. The van der Waals surface area contributed by atoms with Gasteiger partial charge in [-0.3, -0.25) is 0 Å². The molecule has 1 aromatic rings. The Morgan fingerprint density at radius 2 is 2.50 bits per heavy atom. The average Bonchev–Trinajstić information content (AvgIpc) is 2.77. The molecule has 0 saturated carbocycles. The summed E-state index contributed by atoms with van der Waals surface area (Å²) < 4.78 is 10.7. The van der Waals surface area contributed by atoms with Crippen molar-refractivity contribution in [1.29, 1.82) is 0 Å². The minimum absolute atomic E-state index is 0.436. The molecule has 0 aromatic carbocycles. The zero-order chi connectivity index (χ0) is 9.80. The quantitative estimate of drug-likeness (QED) is 0.795. The number of rotatable bonds is 4. The Morgan fingerprint density at radius 1 is 1.57 bits per heavy atom. The van der Waals surface area contributed by atoms with Gasteiger partial charge in [0.15, 0.2) is 0 Å². The number of nitrogens with one attached hydrogen (secondary N) is 1. The summed E-state index contributed by atoms with van der Waals surface area (Å²) in [6.45, 7) is 4.86. The second-order valence-corrected chi connectivity index (χ2v) is 3.96. The molecule has 1 aliphatic rings. The smallest absolute Gasteiger partial charge is 0.117 e. The Bertz CT molecular complexity index is 258. The average molecular weight is 195 g/mol. The molecule has 3 heteroatoms. The summed E-state index contributed by atoms with van der Waals surface area (Å²) in [5.74, 6) is 1.66. The van der Waals surface area contributed by atoms with E-state index in [0.717, 1.165) is 25.5 Å². The topological polar surface area (TPSA) is 34.4 Å². The van der Waals surface area contributed by atoms with Gasteiger partial charge in [-0.05, 0) is 31.4 Å². The highest BCUT2D eigenvalue weighted by atomic mass is 16.5. The highest BCUT2D eigenvalue weighted by Gasteiger charge is 2.21. The van der Waals surface area contributed by atoms with E-state index in [1.54, 1.807) is 6.26 Å². The molecule has 2 atom stereocenters. The van der Waals surface area contributed by atoms with Gasteiger partial charge in [0.05, 0.1) is 25.5 Å². The van der Waals surface area contributed by atoms with Crippen molar-refractivity contribution < 1.29 is 9.15 Å². The number of hydrogen-bond acceptors (Lipinski definition) is 3. The maximum Gasteiger partial charge on any atom is 0.117 e. The highest BCUT2D eigenvalue weighted by molar-refractivity contribution is 4.97. The van der Waals surface area contributed by atoms with E-state index in [9.17, 15) is 0 Å². The molecule has 1 fully saturated rings. The Labute approximate surface area is 84.4 Å². The van der Waals surface area contributed by atoms with Gasteiger partial charge in [0.2, 0.25) is 0 Å². The van der Waals surface area contributed by atoms with Crippen molar-refractivity contribution in [3.8, 4) is 0 Å². The van der Waals surface area contributed by atoms with Crippen LogP contribution >= 0.6 is 0 Å². The fourth-order valence-electron chi connectivity index (χ4n) is 1.86. The minimum atomic E-state index is 0.436. The molecule has 0 bridgehead atoms. The van der Waals surface area contributed by atoms with Crippen LogP contribution in [0.5, 0.6) is 0 Å². The second-order valence-electron chi connectivity index (χ2n) is 3.96. The van der Waals surface area contributed by atoms with Gasteiger partial charge in [-0.1, -0.05) is 0 Å². The summed E-state index contributed by atoms with van der Waals surface area (Å²) in [5, 5.41) is 3.38. The van der Waals surface area contributed by atoms with E-state index in [-0.39, 0.29) is 0 Å². The van der Waals surface area contributed by atoms with E-state index in [4.69, 9.17) is 9.15 Å². The summed E-state index contributed by atoms with van der Waals surface area (Å²) in [7, 11) is 0. The second kappa shape index (κ2) is 4.62. The number of ether oxygens (including phenoxy) is 1. The van der Waals surface area contributed by atoms with E-state index < -0.39 is 0 Å². The lowest BCUT2D eigenvalue weighted by molar-refractivity contribution is 0.120. The molecule has 1 saturated heterocycles. The fraction of sp³-hybridized carbons (Fsp3) is 0.636. The summed E-state index contributed by atoms with van der Waals surface area (Å²) in [4.78, 5) is 0. The predicted octanol–water partition coefficient (Wildman–Crippen LogP) is 1.79. The molecule has 3 nitrogen and oxygen atoms in total. The number of furan rings is 1. The highest BCUT2D eigenvalue weighted by Crippen LogP contribution is 2.17. The first-order valence-corrected chi connectivity index (χ1v) is 5.19. The fourth-order valence-corrected chi connectivity index (χ4v) is 1.86. The molecule has 1 aromatic heterocycles. The normalized spacial score (nSPS) is 26.9. The summed E-state index contributed by atoms with van der Waals surface area (Å²) in [6.07, 6.45) is 3.31. The molecular weight excluding hydrogens is 178 g/mol. The molecular formula is C11H17NO2. The van der Waals surface area contributed by atoms with Gasteiger partial charge < -0.3 is 14.5 Å². The monoisotopic (exact) mass is 195 g/mol. The van der Waals surface area contributed by atoms with E-state index in [1.807, 2.05) is 12.1 Å². The van der Waals surface area contributed by atoms with Crippen LogP contribution in [0.1, 0.15) is 19.1 Å². The lowest BCUT2D eigenvalue weighted by Crippen LogP contribution is -2.22. The van der Waals surface area contributed by atoms with Gasteiger partial charge in [-0.15, -0.1) is 0 Å². The van der Waals surface area contributed by atoms with Crippen LogP contribution in [0.15, 0.2) is 22.8 Å². The van der Waals surface area contributed by atoms with E-state index in [0.29, 0.717) is 12.0 Å². The molecule has 0 spiro atoms. The van der Waals surface area contributed by atoms with Crippen molar-refractivity contribution in [3.05, 3.63) is 24.2 Å². The molecule has 78 valence electrons. The molecule has 14 heavy (non-hydrogen) atoms. The Balaban J connectivity index is 1.64. The Kier molecular flexibility index (Phi) is 3.22. The van der Waals surface area contributed by atoms with Crippen molar-refractivity contribution in [1.82, 2.24) is 5.32 Å². The first kappa shape index (κ1) is 9.74. The van der Waals surface area contributed by atoms with Crippen LogP contribution < -0.4 is 5.32 Å². The molecule has 0 radical (unpaired) electrons. The predicted molar refractivity (Wildman–Crippen MR) is 53.9 cm³/mol. The van der Waals surface area contributed by atoms with Gasteiger partial charge in [0, 0.05) is 6.54 Å². The zero-order valence-corrected chi connectivity index (χ0v) is 8.53. The third-order valence-electron chi connectivity index (χ3n) is 2.59. The summed E-state index contributed by atoms with van der Waals surface area (Å²) >= 11 is 0. The lowest BCUT2D eigenvalue weighted by Gasteiger charge is -2.07. The maximum atomic E-state index is 5.49. The SMILES string of the molecule is CC1CC(CNCc2ccco2)CO1. The first-order chi connectivity index (χ1) is 6.84. The molecule has 0 amide bonds. The molecule has 2 heterocycles. The van der Waals surface area contributed by atoms with Crippen molar-refractivity contribution in [2.24, 2.45) is 5.92 Å². The Hall–Kier alpha value is -0.800. The van der Waals surface area contributed by atoms with Gasteiger partial charge in [0.1, 0.15) is 5.76 Å². The maximum absolute atomic E-state index is 5.49. The van der Waals surface area contributed by atoms with E-state index in [2.05, 4.69) is 12.2 Å². The van der Waals surface area contributed by atoms with Crippen LogP contribution in [-0.2, 0) is 11.3 Å². The van der Waals surface area contributed by atoms with Crippen molar-refractivity contribution in [2.75, 3.05) is 13.2 Å². The summed E-state index contributed by atoms with van der Waals surface area (Å²) in [5.41, 5.74) is 0. The minimum Gasteiger partial charge on any atom is -0.468 e. The molecule has 1 N–H and O–H groups in total. The van der Waals surface area contributed by atoms with Crippen LogP contribution in [0.2, 0.25) is 0 Å². The van der Waals surface area contributed by atoms with Crippen LogP contribution in [0.4, 0.5) is 0 Å². The molecule has 2 unspecified atom stereocenters. The third-order valence-corrected chi connectivity index (χ3v) is 2.59. The van der Waals surface area contributed by atoms with Crippen molar-refractivity contribution in [3.63, 3.8) is 0 Å². The van der Waals surface area contributed by atoms with Crippen LogP contribution in [-0.4, -0.2) is 19.3 Å². The number of hydrogen-bond donors (Lipinski definition) is 1. The molecule has 0 aliphatic carbocycles. The van der Waals surface area contributed by atoms with Gasteiger partial charge in [0.25, 0.3) is 0 Å². The molecule has 1 aliphatic heterocycles. The van der Waals surface area contributed by atoms with E-state index >= 15 is 0 Å². The van der Waals surface area contributed by atoms with Crippen molar-refractivity contribution in [2.45, 2.75) is 26.0 Å². The van der Waals surface area contributed by atoms with Crippen molar-refractivity contribution >= 4 is 0 Å². The molecule has 2 rings (SSSR count). The van der Waals surface area contributed by atoms with Crippen LogP contribution in [0.25, 0.3) is 0 Å². The third kappa shape index (κ3) is 2.59. The van der Waals surface area contributed by atoms with Gasteiger partial charge >= 0.3 is 0 Å². The summed E-state index contributed by atoms with van der Waals surface area (Å²) in [6, 6.07) is 3.90. The standard InChI is InChI=1S/C11H17NO2/c1-9-5-10(8-14-9)6-12-7-11-3-2-4-13-11/h2-4,9-10,12H,5-8H2,1H3. The van der Waals surface area contributed by atoms with Gasteiger partial charge in [-0.25, -0.2) is 0 Å². The lowest BCUT2D eigenvalue weighted by atomic mass is 10.1.